The first-order chi connectivity index (χ1) is 13.2. The van der Waals surface area contributed by atoms with Gasteiger partial charge in [-0.3, -0.25) is 0 Å². The van der Waals surface area contributed by atoms with Gasteiger partial charge < -0.3 is 4.74 Å². The predicted octanol–water partition coefficient (Wildman–Crippen LogP) is 6.23. The molecule has 1 heterocycles. The molecule has 1 aromatic carbocycles. The van der Waals surface area contributed by atoms with Gasteiger partial charge in [0.1, 0.15) is 0 Å². The molecule has 0 radical (unpaired) electrons. The molecule has 0 aliphatic carbocycles. The van der Waals surface area contributed by atoms with E-state index in [1.165, 1.54) is 56.6 Å². The normalized spacial score (nSPS) is 11.1. The molecule has 0 bridgehead atoms. The Hall–Kier alpha value is -1.68. The molecule has 0 N–H and O–H groups in total. The molecule has 2 rings (SSSR count). The van der Waals surface area contributed by atoms with Crippen LogP contribution in [-0.4, -0.2) is 25.4 Å². The highest BCUT2D eigenvalue weighted by Gasteiger charge is 2.04. The number of unbranched alkanes of at least 4 members (excludes halogenated alkanes) is 7. The van der Waals surface area contributed by atoms with Crippen LogP contribution in [-0.2, 0) is 6.04 Å². The molecule has 0 saturated heterocycles. The van der Waals surface area contributed by atoms with Crippen molar-refractivity contribution in [2.75, 3.05) is 6.61 Å². The smallest absolute Gasteiger partial charge is 0.159 e. The van der Waals surface area contributed by atoms with E-state index in [1.54, 1.807) is 12.4 Å². The van der Waals surface area contributed by atoms with Gasteiger partial charge in [-0.25, -0.2) is 9.97 Å². The fourth-order valence-electron chi connectivity index (χ4n) is 3.23. The van der Waals surface area contributed by atoms with E-state index in [0.29, 0.717) is 0 Å². The van der Waals surface area contributed by atoms with Crippen LogP contribution in [0.4, 0.5) is 0 Å². The maximum Gasteiger partial charge on any atom is 0.159 e. The van der Waals surface area contributed by atoms with Crippen LogP contribution in [0.5, 0.6) is 5.75 Å². The second-order valence-corrected chi connectivity index (χ2v) is 11.1. The molecule has 0 saturated carbocycles. The Balaban J connectivity index is 1.67. The quantitative estimate of drug-likeness (QED) is 0.303. The van der Waals surface area contributed by atoms with E-state index in [1.807, 2.05) is 0 Å². The van der Waals surface area contributed by atoms with Gasteiger partial charge in [0.15, 0.2) is 11.6 Å². The number of aromatic nitrogens is 2. The fraction of sp³-hybridized carbons (Fsp3) is 0.565. The minimum atomic E-state index is -0.567. The van der Waals surface area contributed by atoms with E-state index in [2.05, 4.69) is 54.3 Å². The molecule has 3 nitrogen and oxygen atoms in total. The number of benzene rings is 1. The van der Waals surface area contributed by atoms with Crippen molar-refractivity contribution in [3.8, 4) is 17.1 Å². The number of nitrogens with zero attached hydrogens (tertiary/aromatic N) is 2. The monoisotopic (exact) mass is 384 g/mol. The third-order valence-corrected chi connectivity index (χ3v) is 6.04. The third kappa shape index (κ3) is 8.70. The van der Waals surface area contributed by atoms with Crippen LogP contribution in [0.3, 0.4) is 0 Å². The second kappa shape index (κ2) is 12.7. The zero-order valence-corrected chi connectivity index (χ0v) is 18.6. The fourth-order valence-corrected chi connectivity index (χ4v) is 4.44. The number of ether oxygens (including phenoxy) is 1. The number of rotatable bonds is 13. The lowest BCUT2D eigenvalue weighted by atomic mass is 10.1. The van der Waals surface area contributed by atoms with E-state index < -0.39 is 8.80 Å². The van der Waals surface area contributed by atoms with Gasteiger partial charge in [0.25, 0.3) is 0 Å². The molecule has 4 heteroatoms. The molecule has 0 spiro atoms. The van der Waals surface area contributed by atoms with E-state index in [0.717, 1.165) is 30.2 Å². The van der Waals surface area contributed by atoms with Crippen molar-refractivity contribution in [2.24, 2.45) is 0 Å². The summed E-state index contributed by atoms with van der Waals surface area (Å²) in [6.45, 7) is 7.77. The van der Waals surface area contributed by atoms with Crippen molar-refractivity contribution in [3.05, 3.63) is 42.2 Å². The Bertz CT molecular complexity index is 626. The van der Waals surface area contributed by atoms with Crippen LogP contribution in [0.2, 0.25) is 13.1 Å². The summed E-state index contributed by atoms with van der Waals surface area (Å²) in [5.41, 5.74) is 2.49. The summed E-state index contributed by atoms with van der Waals surface area (Å²) in [5.74, 6) is 1.53. The second-order valence-electron chi connectivity index (χ2n) is 7.86. The summed E-state index contributed by atoms with van der Waals surface area (Å²) in [7, 11) is -0.567. The van der Waals surface area contributed by atoms with Gasteiger partial charge in [0.05, 0.1) is 19.0 Å². The average molecular weight is 385 g/mol. The van der Waals surface area contributed by atoms with Crippen LogP contribution in [0.1, 0.15) is 63.9 Å². The third-order valence-electron chi connectivity index (χ3n) is 4.75. The Kier molecular flexibility index (Phi) is 10.1. The largest absolute Gasteiger partial charge is 0.490 e. The highest BCUT2D eigenvalue weighted by Crippen LogP contribution is 2.18. The van der Waals surface area contributed by atoms with E-state index in [-0.39, 0.29) is 0 Å². The summed E-state index contributed by atoms with van der Waals surface area (Å²) < 4.78 is 5.78. The maximum absolute atomic E-state index is 5.78. The summed E-state index contributed by atoms with van der Waals surface area (Å²) in [5, 5.41) is 0. The summed E-state index contributed by atoms with van der Waals surface area (Å²) in [4.78, 5) is 8.94. The minimum absolute atomic E-state index is 0.567. The van der Waals surface area contributed by atoms with Crippen LogP contribution >= 0.6 is 0 Å². The minimum Gasteiger partial charge on any atom is -0.490 e. The van der Waals surface area contributed by atoms with Gasteiger partial charge in [-0.1, -0.05) is 94.8 Å². The highest BCUT2D eigenvalue weighted by atomic mass is 28.3. The van der Waals surface area contributed by atoms with Crippen LogP contribution < -0.4 is 4.74 Å². The molecule has 0 unspecified atom stereocenters. The van der Waals surface area contributed by atoms with Crippen molar-refractivity contribution in [2.45, 2.75) is 77.4 Å². The van der Waals surface area contributed by atoms with E-state index in [9.17, 15) is 0 Å². The summed E-state index contributed by atoms with van der Waals surface area (Å²) >= 11 is 0. The first-order valence-electron chi connectivity index (χ1n) is 10.7. The van der Waals surface area contributed by atoms with Gasteiger partial charge in [0, 0.05) is 14.4 Å². The molecule has 148 valence electrons. The standard InChI is InChI=1S/C23H36N2OSi/c1-4-5-6-7-8-9-10-11-16-26-22-17-24-23(25-18-22)21-14-12-20(13-15-21)19-27(2)3/h12-15,17-18,27H,4-11,16,19H2,1-3H3. The van der Waals surface area contributed by atoms with Crippen molar-refractivity contribution >= 4 is 8.80 Å². The van der Waals surface area contributed by atoms with E-state index >= 15 is 0 Å². The van der Waals surface area contributed by atoms with Gasteiger partial charge in [0.2, 0.25) is 0 Å². The molecule has 2 aromatic rings. The van der Waals surface area contributed by atoms with Gasteiger partial charge in [-0.15, -0.1) is 0 Å². The Morgan fingerprint density at radius 2 is 1.41 bits per heavy atom. The SMILES string of the molecule is CCCCCCCCCCOc1cnc(-c2ccc(C[SiH](C)C)cc2)nc1. The van der Waals surface area contributed by atoms with E-state index in [4.69, 9.17) is 4.74 Å². The Morgan fingerprint density at radius 3 is 2.00 bits per heavy atom. The Morgan fingerprint density at radius 1 is 0.815 bits per heavy atom. The predicted molar refractivity (Wildman–Crippen MR) is 118 cm³/mol. The highest BCUT2D eigenvalue weighted by molar-refractivity contribution is 6.55. The van der Waals surface area contributed by atoms with Crippen LogP contribution in [0.15, 0.2) is 36.7 Å². The van der Waals surface area contributed by atoms with Crippen LogP contribution in [0, 0.1) is 0 Å². The van der Waals surface area contributed by atoms with Crippen molar-refractivity contribution in [1.29, 1.82) is 0 Å². The molecule has 27 heavy (non-hydrogen) atoms. The molecular formula is C23H36N2OSi. The topological polar surface area (TPSA) is 35.0 Å². The van der Waals surface area contributed by atoms with Crippen molar-refractivity contribution < 1.29 is 4.74 Å². The zero-order valence-electron chi connectivity index (χ0n) is 17.4. The molecule has 0 aliphatic heterocycles. The lowest BCUT2D eigenvalue weighted by molar-refractivity contribution is 0.302. The zero-order chi connectivity index (χ0) is 19.3. The van der Waals surface area contributed by atoms with Crippen molar-refractivity contribution in [3.63, 3.8) is 0 Å². The lowest BCUT2D eigenvalue weighted by Crippen LogP contribution is -2.05. The molecule has 0 amide bonds. The first kappa shape index (κ1) is 21.6. The molecule has 1 aromatic heterocycles. The summed E-state index contributed by atoms with van der Waals surface area (Å²) in [6.07, 6.45) is 14.1. The first-order valence-corrected chi connectivity index (χ1v) is 13.9. The molecule has 0 atom stereocenters. The maximum atomic E-state index is 5.78. The van der Waals surface area contributed by atoms with Gasteiger partial charge >= 0.3 is 0 Å². The number of hydrogen-bond acceptors (Lipinski definition) is 3. The number of hydrogen-bond donors (Lipinski definition) is 0. The molecule has 0 aliphatic rings. The molecule has 0 fully saturated rings. The Labute approximate surface area is 167 Å². The molecular weight excluding hydrogens is 348 g/mol. The summed E-state index contributed by atoms with van der Waals surface area (Å²) in [6, 6.07) is 9.91. The lowest BCUT2D eigenvalue weighted by Gasteiger charge is -2.07. The van der Waals surface area contributed by atoms with Crippen LogP contribution in [0.25, 0.3) is 11.4 Å². The van der Waals surface area contributed by atoms with Crippen molar-refractivity contribution in [1.82, 2.24) is 9.97 Å². The van der Waals surface area contributed by atoms with Gasteiger partial charge in [-0.05, 0) is 12.5 Å². The van der Waals surface area contributed by atoms with Gasteiger partial charge in [-0.2, -0.15) is 0 Å². The average Bonchev–Trinajstić information content (AvgIpc) is 2.67.